The molecule has 5 heteroatoms. The van der Waals surface area contributed by atoms with Crippen LogP contribution in [0.15, 0.2) is 88.4 Å². The highest BCUT2D eigenvalue weighted by atomic mass is 16.5. The van der Waals surface area contributed by atoms with Gasteiger partial charge in [0.15, 0.2) is 12.2 Å². The molecular formula is C25H22N2O3. The Morgan fingerprint density at radius 3 is 2.40 bits per heavy atom. The first-order chi connectivity index (χ1) is 14.7. The highest BCUT2D eigenvalue weighted by molar-refractivity contribution is 6.00. The lowest BCUT2D eigenvalue weighted by atomic mass is 9.73. The number of carbonyl (C=O) groups excluding carboxylic acids is 1. The van der Waals surface area contributed by atoms with Gasteiger partial charge in [-0.2, -0.15) is 10.3 Å². The molecule has 4 rings (SSSR count). The Balaban J connectivity index is 1.80. The van der Waals surface area contributed by atoms with E-state index < -0.39 is 5.92 Å². The molecule has 2 aromatic carbocycles. The smallest absolute Gasteiger partial charge is 0.236 e. The monoisotopic (exact) mass is 398 g/mol. The van der Waals surface area contributed by atoms with E-state index in [2.05, 4.69) is 11.1 Å². The quantitative estimate of drug-likeness (QED) is 0.525. The number of allylic oxidation sites excluding steroid dienone is 3. The molecule has 1 aliphatic carbocycles. The number of nitrogens with zero attached hydrogens (tertiary/aromatic N) is 2. The molecule has 0 radical (unpaired) electrons. The molecule has 1 heterocycles. The molecule has 0 bridgehead atoms. The maximum atomic E-state index is 13.3. The van der Waals surface area contributed by atoms with E-state index in [9.17, 15) is 10.1 Å². The summed E-state index contributed by atoms with van der Waals surface area (Å²) in [4.78, 5) is 17.5. The zero-order valence-corrected chi connectivity index (χ0v) is 16.7. The van der Waals surface area contributed by atoms with Gasteiger partial charge in [-0.1, -0.05) is 60.7 Å². The van der Waals surface area contributed by atoms with E-state index in [1.165, 1.54) is 6.40 Å². The second-order valence-electron chi connectivity index (χ2n) is 7.24. The Bertz CT molecular complexity index is 1060. The molecule has 0 aromatic heterocycles. The summed E-state index contributed by atoms with van der Waals surface area (Å²) in [6.07, 6.45) is 2.27. The number of aliphatic imine (C=N–C) groups is 1. The highest BCUT2D eigenvalue weighted by Crippen LogP contribution is 2.47. The zero-order chi connectivity index (χ0) is 20.9. The topological polar surface area (TPSA) is 71.7 Å². The van der Waals surface area contributed by atoms with Gasteiger partial charge in [0.1, 0.15) is 17.4 Å². The van der Waals surface area contributed by atoms with Crippen LogP contribution in [0.25, 0.3) is 0 Å². The predicted molar refractivity (Wildman–Crippen MR) is 113 cm³/mol. The molecule has 1 aliphatic heterocycles. The summed E-state index contributed by atoms with van der Waals surface area (Å²) in [6, 6.07) is 21.8. The van der Waals surface area contributed by atoms with Gasteiger partial charge in [0.05, 0.1) is 12.5 Å². The number of ether oxygens (including phenoxy) is 2. The lowest BCUT2D eigenvalue weighted by molar-refractivity contribution is -0.117. The first-order valence-corrected chi connectivity index (χ1v) is 10.0. The van der Waals surface area contributed by atoms with Crippen LogP contribution in [0.4, 0.5) is 0 Å². The van der Waals surface area contributed by atoms with Gasteiger partial charge in [0, 0.05) is 18.4 Å². The van der Waals surface area contributed by atoms with E-state index in [0.717, 1.165) is 11.1 Å². The number of hydrogen-bond donors (Lipinski definition) is 0. The van der Waals surface area contributed by atoms with Crippen molar-refractivity contribution in [3.8, 4) is 6.07 Å². The van der Waals surface area contributed by atoms with E-state index >= 15 is 0 Å². The summed E-state index contributed by atoms with van der Waals surface area (Å²) in [5, 5.41) is 9.92. The first kappa shape index (κ1) is 19.7. The van der Waals surface area contributed by atoms with Crippen LogP contribution in [-0.2, 0) is 14.3 Å². The number of carbonyl (C=O) groups is 1. The van der Waals surface area contributed by atoms with Gasteiger partial charge in [0.2, 0.25) is 5.88 Å². The van der Waals surface area contributed by atoms with Gasteiger partial charge in [-0.05, 0) is 24.0 Å². The van der Waals surface area contributed by atoms with Gasteiger partial charge >= 0.3 is 0 Å². The SMILES string of the molecule is CCO/C=N/C1=C(C#N)C(c2ccccc2)C2=C(CC(c3ccccc3)CC2=O)O1. The predicted octanol–water partition coefficient (Wildman–Crippen LogP) is 5.00. The van der Waals surface area contributed by atoms with Crippen LogP contribution in [0.5, 0.6) is 0 Å². The van der Waals surface area contributed by atoms with Crippen molar-refractivity contribution in [1.82, 2.24) is 0 Å². The zero-order valence-electron chi connectivity index (χ0n) is 16.7. The van der Waals surface area contributed by atoms with Gasteiger partial charge < -0.3 is 9.47 Å². The number of ketones is 1. The molecule has 0 N–H and O–H groups in total. The summed E-state index contributed by atoms with van der Waals surface area (Å²) in [7, 11) is 0. The maximum absolute atomic E-state index is 13.3. The summed E-state index contributed by atoms with van der Waals surface area (Å²) in [5.41, 5.74) is 2.87. The van der Waals surface area contributed by atoms with Crippen molar-refractivity contribution < 1.29 is 14.3 Å². The molecule has 5 nitrogen and oxygen atoms in total. The highest BCUT2D eigenvalue weighted by Gasteiger charge is 2.41. The largest absolute Gasteiger partial charge is 0.483 e. The number of hydrogen-bond acceptors (Lipinski definition) is 5. The number of nitriles is 1. The molecule has 0 amide bonds. The van der Waals surface area contributed by atoms with Crippen molar-refractivity contribution in [3.63, 3.8) is 0 Å². The third-order valence-electron chi connectivity index (χ3n) is 5.43. The lowest BCUT2D eigenvalue weighted by Gasteiger charge is -2.34. The molecule has 0 spiro atoms. The maximum Gasteiger partial charge on any atom is 0.236 e. The molecule has 2 unspecified atom stereocenters. The Morgan fingerprint density at radius 1 is 1.10 bits per heavy atom. The average Bonchev–Trinajstić information content (AvgIpc) is 2.79. The lowest BCUT2D eigenvalue weighted by Crippen LogP contribution is -2.28. The molecule has 2 aliphatic rings. The number of Topliss-reactive ketones (excluding diaryl/α,β-unsaturated/α-hetero) is 1. The second kappa shape index (κ2) is 8.79. The molecule has 0 fully saturated rings. The summed E-state index contributed by atoms with van der Waals surface area (Å²) in [5.74, 6) is 0.351. The van der Waals surface area contributed by atoms with Gasteiger partial charge in [-0.15, -0.1) is 0 Å². The van der Waals surface area contributed by atoms with Crippen LogP contribution in [0, 0.1) is 11.3 Å². The van der Waals surface area contributed by atoms with Crippen LogP contribution in [0.3, 0.4) is 0 Å². The Labute approximate surface area is 176 Å². The van der Waals surface area contributed by atoms with Crippen LogP contribution in [0.2, 0.25) is 0 Å². The van der Waals surface area contributed by atoms with Gasteiger partial charge in [-0.25, -0.2) is 0 Å². The number of benzene rings is 2. The Hall–Kier alpha value is -3.65. The van der Waals surface area contributed by atoms with Crippen LogP contribution >= 0.6 is 0 Å². The van der Waals surface area contributed by atoms with E-state index in [4.69, 9.17) is 9.47 Å². The fourth-order valence-electron chi connectivity index (χ4n) is 4.06. The van der Waals surface area contributed by atoms with Crippen molar-refractivity contribution >= 4 is 12.2 Å². The van der Waals surface area contributed by atoms with Crippen LogP contribution in [-0.4, -0.2) is 18.8 Å². The van der Waals surface area contributed by atoms with Crippen LogP contribution in [0.1, 0.15) is 42.7 Å². The van der Waals surface area contributed by atoms with E-state index in [1.54, 1.807) is 0 Å². The minimum Gasteiger partial charge on any atom is -0.483 e. The third-order valence-corrected chi connectivity index (χ3v) is 5.43. The van der Waals surface area contributed by atoms with Crippen molar-refractivity contribution in [3.05, 3.63) is 94.6 Å². The van der Waals surface area contributed by atoms with E-state index in [-0.39, 0.29) is 17.6 Å². The normalized spacial score (nSPS) is 21.3. The molecule has 2 aromatic rings. The molecule has 30 heavy (non-hydrogen) atoms. The summed E-state index contributed by atoms with van der Waals surface area (Å²) >= 11 is 0. The third kappa shape index (κ3) is 3.77. The Morgan fingerprint density at radius 2 is 1.77 bits per heavy atom. The van der Waals surface area contributed by atoms with Gasteiger partial charge in [0.25, 0.3) is 0 Å². The second-order valence-corrected chi connectivity index (χ2v) is 7.24. The fourth-order valence-corrected chi connectivity index (χ4v) is 4.06. The molecule has 0 saturated heterocycles. The van der Waals surface area contributed by atoms with Crippen molar-refractivity contribution in [2.24, 2.45) is 4.99 Å². The molecular weight excluding hydrogens is 376 g/mol. The standard InChI is InChI=1S/C25H22N2O3/c1-2-29-16-27-25-20(15-26)23(18-11-7-4-8-12-18)24-21(28)13-19(14-22(24)30-25)17-9-5-3-6-10-17/h3-12,16,19,23H,2,13-14H2,1H3/b27-16+. The average molecular weight is 398 g/mol. The molecule has 0 saturated carbocycles. The van der Waals surface area contributed by atoms with Gasteiger partial charge in [-0.3, -0.25) is 4.79 Å². The van der Waals surface area contributed by atoms with Crippen molar-refractivity contribution in [2.45, 2.75) is 31.6 Å². The minimum absolute atomic E-state index is 0.0135. The Kier molecular flexibility index (Phi) is 5.76. The van der Waals surface area contributed by atoms with E-state index in [0.29, 0.717) is 36.4 Å². The van der Waals surface area contributed by atoms with Crippen LogP contribution < -0.4 is 0 Å². The first-order valence-electron chi connectivity index (χ1n) is 10.0. The van der Waals surface area contributed by atoms with E-state index in [1.807, 2.05) is 67.6 Å². The summed E-state index contributed by atoms with van der Waals surface area (Å²) in [6.45, 7) is 2.31. The number of rotatable bonds is 5. The fraction of sp³-hybridized carbons (Fsp3) is 0.240. The van der Waals surface area contributed by atoms with Crippen molar-refractivity contribution in [1.29, 1.82) is 5.26 Å². The molecule has 2 atom stereocenters. The summed E-state index contributed by atoms with van der Waals surface area (Å²) < 4.78 is 11.3. The minimum atomic E-state index is -0.488. The van der Waals surface area contributed by atoms with Crippen molar-refractivity contribution in [2.75, 3.05) is 6.61 Å². The molecule has 150 valence electrons.